The first kappa shape index (κ1) is 13.8. The number of aryl methyl sites for hydroxylation is 1. The largest absolute Gasteiger partial charge is 0.326 e. The van der Waals surface area contributed by atoms with Crippen molar-refractivity contribution in [2.45, 2.75) is 39.2 Å². The Hall–Kier alpha value is -1.60. The van der Waals surface area contributed by atoms with Gasteiger partial charge >= 0.3 is 0 Å². The highest BCUT2D eigenvalue weighted by atomic mass is 14.5. The number of nitrogens with two attached hydrogens (primary N) is 1. The summed E-state index contributed by atoms with van der Waals surface area (Å²) in [5.74, 6) is 0. The fraction of sp³-hybridized carbons (Fsp3) is 0.333. The van der Waals surface area contributed by atoms with Gasteiger partial charge in [0.25, 0.3) is 0 Å². The third-order valence-corrected chi connectivity index (χ3v) is 4.00. The molecule has 2 N–H and O–H groups in total. The van der Waals surface area contributed by atoms with E-state index in [4.69, 9.17) is 5.73 Å². The molecule has 100 valence electrons. The zero-order valence-corrected chi connectivity index (χ0v) is 12.1. The van der Waals surface area contributed by atoms with Gasteiger partial charge < -0.3 is 5.73 Å². The number of hydrogen-bond acceptors (Lipinski definition) is 1. The molecule has 0 aliphatic rings. The summed E-state index contributed by atoms with van der Waals surface area (Å²) in [4.78, 5) is 0. The Morgan fingerprint density at radius 2 is 1.21 bits per heavy atom. The second-order valence-corrected chi connectivity index (χ2v) is 5.58. The van der Waals surface area contributed by atoms with Crippen LogP contribution in [-0.2, 0) is 18.4 Å². The average Bonchev–Trinajstić information content (AvgIpc) is 2.47. The van der Waals surface area contributed by atoms with Crippen LogP contribution >= 0.6 is 0 Å². The van der Waals surface area contributed by atoms with Gasteiger partial charge in [0, 0.05) is 12.0 Å². The molecule has 0 saturated heterocycles. The van der Waals surface area contributed by atoms with Gasteiger partial charge in [-0.1, -0.05) is 69.3 Å². The lowest BCUT2D eigenvalue weighted by Gasteiger charge is -2.26. The molecule has 19 heavy (non-hydrogen) atoms. The van der Waals surface area contributed by atoms with Crippen LogP contribution in [0.15, 0.2) is 48.5 Å². The molecule has 0 amide bonds. The Morgan fingerprint density at radius 3 is 1.58 bits per heavy atom. The molecule has 0 aliphatic carbocycles. The summed E-state index contributed by atoms with van der Waals surface area (Å²) in [5, 5.41) is 0. The summed E-state index contributed by atoms with van der Waals surface area (Å²) < 4.78 is 0. The minimum atomic E-state index is 0.0272. The maximum atomic E-state index is 5.65. The quantitative estimate of drug-likeness (QED) is 0.874. The van der Waals surface area contributed by atoms with Gasteiger partial charge in [0.1, 0.15) is 0 Å². The Morgan fingerprint density at radius 1 is 0.789 bits per heavy atom. The van der Waals surface area contributed by atoms with Crippen molar-refractivity contribution >= 4 is 0 Å². The summed E-state index contributed by atoms with van der Waals surface area (Å²) in [6, 6.07) is 17.6. The van der Waals surface area contributed by atoms with Crippen molar-refractivity contribution in [1.82, 2.24) is 0 Å². The van der Waals surface area contributed by atoms with Crippen LogP contribution in [0, 0.1) is 0 Å². The van der Waals surface area contributed by atoms with E-state index in [0.29, 0.717) is 6.54 Å². The molecule has 0 spiro atoms. The van der Waals surface area contributed by atoms with Gasteiger partial charge in [-0.15, -0.1) is 0 Å². The van der Waals surface area contributed by atoms with Crippen molar-refractivity contribution in [3.8, 4) is 0 Å². The molecule has 2 aromatic rings. The number of benzene rings is 2. The molecular weight excluding hydrogens is 230 g/mol. The van der Waals surface area contributed by atoms with Crippen LogP contribution in [0.3, 0.4) is 0 Å². The van der Waals surface area contributed by atoms with Gasteiger partial charge in [0.2, 0.25) is 0 Å². The molecule has 2 rings (SSSR count). The molecule has 0 fully saturated rings. The SMILES string of the molecule is CCc1ccc(C(C)(C)c2ccc(CN)cc2)cc1. The molecule has 0 atom stereocenters. The first-order valence-electron chi connectivity index (χ1n) is 6.97. The lowest BCUT2D eigenvalue weighted by Crippen LogP contribution is -2.19. The minimum absolute atomic E-state index is 0.0272. The summed E-state index contributed by atoms with van der Waals surface area (Å²) in [5.41, 5.74) is 10.9. The topological polar surface area (TPSA) is 26.0 Å². The monoisotopic (exact) mass is 253 g/mol. The van der Waals surface area contributed by atoms with E-state index in [1.807, 2.05) is 0 Å². The Kier molecular flexibility index (Phi) is 4.06. The third-order valence-electron chi connectivity index (χ3n) is 4.00. The highest BCUT2D eigenvalue weighted by Crippen LogP contribution is 2.31. The van der Waals surface area contributed by atoms with Crippen LogP contribution in [0.25, 0.3) is 0 Å². The molecular formula is C18H23N. The molecule has 0 heterocycles. The molecule has 0 unspecified atom stereocenters. The van der Waals surface area contributed by atoms with Crippen molar-refractivity contribution in [2.75, 3.05) is 0 Å². The molecule has 1 nitrogen and oxygen atoms in total. The fourth-order valence-corrected chi connectivity index (χ4v) is 2.38. The lowest BCUT2D eigenvalue weighted by molar-refractivity contribution is 0.640. The highest BCUT2D eigenvalue weighted by Gasteiger charge is 2.22. The normalized spacial score (nSPS) is 11.6. The van der Waals surface area contributed by atoms with E-state index in [9.17, 15) is 0 Å². The maximum Gasteiger partial charge on any atom is 0.0178 e. The summed E-state index contributed by atoms with van der Waals surface area (Å²) in [6.07, 6.45) is 1.09. The van der Waals surface area contributed by atoms with E-state index in [0.717, 1.165) is 6.42 Å². The van der Waals surface area contributed by atoms with Crippen LogP contribution in [-0.4, -0.2) is 0 Å². The van der Waals surface area contributed by atoms with Gasteiger partial charge in [0.15, 0.2) is 0 Å². The Balaban J connectivity index is 2.33. The smallest absolute Gasteiger partial charge is 0.0178 e. The van der Waals surface area contributed by atoms with E-state index in [2.05, 4.69) is 69.3 Å². The number of rotatable bonds is 4. The van der Waals surface area contributed by atoms with Crippen molar-refractivity contribution in [3.05, 3.63) is 70.8 Å². The van der Waals surface area contributed by atoms with Gasteiger partial charge in [-0.05, 0) is 28.7 Å². The van der Waals surface area contributed by atoms with Crippen molar-refractivity contribution in [2.24, 2.45) is 5.73 Å². The zero-order chi connectivity index (χ0) is 13.9. The summed E-state index contributed by atoms with van der Waals surface area (Å²) >= 11 is 0. The molecule has 0 aliphatic heterocycles. The van der Waals surface area contributed by atoms with E-state index in [-0.39, 0.29) is 5.41 Å². The Labute approximate surface area is 116 Å². The standard InChI is InChI=1S/C18H23N/c1-4-14-5-9-16(10-6-14)18(2,3)17-11-7-15(13-19)8-12-17/h5-12H,4,13,19H2,1-3H3. The molecule has 1 heteroatoms. The van der Waals surface area contributed by atoms with E-state index >= 15 is 0 Å². The summed E-state index contributed by atoms with van der Waals surface area (Å²) in [6.45, 7) is 7.33. The number of hydrogen-bond donors (Lipinski definition) is 1. The zero-order valence-electron chi connectivity index (χ0n) is 12.1. The van der Waals surface area contributed by atoms with Gasteiger partial charge in [-0.25, -0.2) is 0 Å². The van der Waals surface area contributed by atoms with Crippen LogP contribution < -0.4 is 5.73 Å². The molecule has 2 aromatic carbocycles. The lowest BCUT2D eigenvalue weighted by atomic mass is 9.77. The fourth-order valence-electron chi connectivity index (χ4n) is 2.38. The second kappa shape index (κ2) is 5.58. The second-order valence-electron chi connectivity index (χ2n) is 5.58. The van der Waals surface area contributed by atoms with Crippen LogP contribution in [0.1, 0.15) is 43.0 Å². The van der Waals surface area contributed by atoms with Crippen molar-refractivity contribution in [3.63, 3.8) is 0 Å². The highest BCUT2D eigenvalue weighted by molar-refractivity contribution is 5.39. The first-order valence-corrected chi connectivity index (χ1v) is 6.97. The van der Waals surface area contributed by atoms with E-state index < -0.39 is 0 Å². The maximum absolute atomic E-state index is 5.65. The van der Waals surface area contributed by atoms with E-state index in [1.54, 1.807) is 0 Å². The third kappa shape index (κ3) is 2.87. The van der Waals surface area contributed by atoms with Gasteiger partial charge in [0.05, 0.1) is 0 Å². The molecule has 0 aromatic heterocycles. The average molecular weight is 253 g/mol. The summed E-state index contributed by atoms with van der Waals surface area (Å²) in [7, 11) is 0. The molecule has 0 radical (unpaired) electrons. The first-order chi connectivity index (χ1) is 9.07. The van der Waals surface area contributed by atoms with Crippen molar-refractivity contribution < 1.29 is 0 Å². The molecule has 0 saturated carbocycles. The van der Waals surface area contributed by atoms with E-state index in [1.165, 1.54) is 22.3 Å². The minimum Gasteiger partial charge on any atom is -0.326 e. The van der Waals surface area contributed by atoms with Crippen LogP contribution in [0.2, 0.25) is 0 Å². The predicted octanol–water partition coefficient (Wildman–Crippen LogP) is 4.03. The van der Waals surface area contributed by atoms with Crippen LogP contribution in [0.5, 0.6) is 0 Å². The molecule has 0 bridgehead atoms. The predicted molar refractivity (Wildman–Crippen MR) is 82.3 cm³/mol. The van der Waals surface area contributed by atoms with Gasteiger partial charge in [-0.2, -0.15) is 0 Å². The van der Waals surface area contributed by atoms with Crippen LogP contribution in [0.4, 0.5) is 0 Å². The van der Waals surface area contributed by atoms with Gasteiger partial charge in [-0.3, -0.25) is 0 Å². The Bertz CT molecular complexity index is 471. The van der Waals surface area contributed by atoms with Crippen molar-refractivity contribution in [1.29, 1.82) is 0 Å².